The highest BCUT2D eigenvalue weighted by atomic mass is 16.5. The summed E-state index contributed by atoms with van der Waals surface area (Å²) in [6.07, 6.45) is 2.92. The molecule has 0 saturated carbocycles. The van der Waals surface area contributed by atoms with E-state index in [2.05, 4.69) is 11.6 Å². The third-order valence-corrected chi connectivity index (χ3v) is 2.33. The zero-order valence-corrected chi connectivity index (χ0v) is 9.09. The summed E-state index contributed by atoms with van der Waals surface area (Å²) >= 11 is 0. The van der Waals surface area contributed by atoms with Crippen molar-refractivity contribution < 1.29 is 14.6 Å². The molecule has 0 saturated heterocycles. The molecule has 2 rings (SSSR count). The van der Waals surface area contributed by atoms with Gasteiger partial charge in [0.15, 0.2) is 0 Å². The Kier molecular flexibility index (Phi) is 3.05. The van der Waals surface area contributed by atoms with Gasteiger partial charge in [0, 0.05) is 17.0 Å². The predicted molar refractivity (Wildman–Crippen MR) is 64.4 cm³/mol. The van der Waals surface area contributed by atoms with Gasteiger partial charge in [0.05, 0.1) is 5.56 Å². The molecule has 0 aliphatic carbocycles. The average Bonchev–Trinajstić information content (AvgIpc) is 2.35. The normalized spacial score (nSPS) is 10.1. The van der Waals surface area contributed by atoms with Crippen molar-refractivity contribution in [2.75, 3.05) is 6.61 Å². The summed E-state index contributed by atoms with van der Waals surface area (Å²) in [4.78, 5) is 15.1. The molecule has 1 heterocycles. The number of hydrogen-bond acceptors (Lipinski definition) is 3. The van der Waals surface area contributed by atoms with Gasteiger partial charge in [0.25, 0.3) is 0 Å². The molecule has 4 heteroatoms. The Labute approximate surface area is 98.2 Å². The van der Waals surface area contributed by atoms with E-state index < -0.39 is 5.97 Å². The largest absolute Gasteiger partial charge is 0.478 e. The van der Waals surface area contributed by atoms with Crippen molar-refractivity contribution in [2.24, 2.45) is 0 Å². The molecule has 0 aliphatic rings. The highest BCUT2D eigenvalue weighted by molar-refractivity contribution is 6.04. The van der Waals surface area contributed by atoms with E-state index in [-0.39, 0.29) is 5.56 Å². The number of nitrogens with zero attached hydrogens (tertiary/aromatic N) is 1. The molecule has 0 atom stereocenters. The van der Waals surface area contributed by atoms with Crippen LogP contribution in [0.5, 0.6) is 5.88 Å². The predicted octanol–water partition coefficient (Wildman–Crippen LogP) is 2.50. The van der Waals surface area contributed by atoms with Gasteiger partial charge in [-0.1, -0.05) is 30.9 Å². The lowest BCUT2D eigenvalue weighted by molar-refractivity contribution is 0.0698. The van der Waals surface area contributed by atoms with Crippen LogP contribution in [0, 0.1) is 0 Å². The number of carbonyl (C=O) groups is 1. The third kappa shape index (κ3) is 2.10. The molecule has 0 radical (unpaired) electrons. The number of ether oxygens (including phenoxy) is 1. The van der Waals surface area contributed by atoms with E-state index in [1.54, 1.807) is 24.3 Å². The van der Waals surface area contributed by atoms with Crippen molar-refractivity contribution in [3.8, 4) is 5.88 Å². The quantitative estimate of drug-likeness (QED) is 0.818. The summed E-state index contributed by atoms with van der Waals surface area (Å²) in [7, 11) is 0. The number of aromatic nitrogens is 1. The molecule has 0 amide bonds. The first-order valence-corrected chi connectivity index (χ1v) is 5.08. The summed E-state index contributed by atoms with van der Waals surface area (Å²) in [5, 5.41) is 10.4. The van der Waals surface area contributed by atoms with Gasteiger partial charge in [0.1, 0.15) is 6.61 Å². The fraction of sp³-hybridized carbons (Fsp3) is 0.0769. The third-order valence-electron chi connectivity index (χ3n) is 2.33. The Bertz CT molecular complexity index is 578. The van der Waals surface area contributed by atoms with Gasteiger partial charge in [-0.05, 0) is 6.07 Å². The van der Waals surface area contributed by atoms with E-state index in [0.717, 1.165) is 0 Å². The van der Waals surface area contributed by atoms with Crippen molar-refractivity contribution in [1.29, 1.82) is 0 Å². The summed E-state index contributed by atoms with van der Waals surface area (Å²) in [6.45, 7) is 3.89. The first-order chi connectivity index (χ1) is 8.24. The van der Waals surface area contributed by atoms with Crippen molar-refractivity contribution in [3.05, 3.63) is 48.7 Å². The fourth-order valence-corrected chi connectivity index (χ4v) is 1.59. The van der Waals surface area contributed by atoms with E-state index >= 15 is 0 Å². The first-order valence-electron chi connectivity index (χ1n) is 5.08. The van der Waals surface area contributed by atoms with Crippen LogP contribution in [0.2, 0.25) is 0 Å². The maximum absolute atomic E-state index is 11.0. The van der Waals surface area contributed by atoms with Crippen LogP contribution in [0.25, 0.3) is 10.8 Å². The molecule has 1 aromatic carbocycles. The topological polar surface area (TPSA) is 59.4 Å². The van der Waals surface area contributed by atoms with Crippen molar-refractivity contribution in [2.45, 2.75) is 0 Å². The van der Waals surface area contributed by atoms with Gasteiger partial charge in [-0.15, -0.1) is 0 Å². The second-order valence-electron chi connectivity index (χ2n) is 3.43. The molecular weight excluding hydrogens is 218 g/mol. The molecule has 2 aromatic rings. The van der Waals surface area contributed by atoms with Crippen LogP contribution in [0.3, 0.4) is 0 Å². The van der Waals surface area contributed by atoms with Gasteiger partial charge in [-0.25, -0.2) is 9.78 Å². The van der Waals surface area contributed by atoms with Gasteiger partial charge >= 0.3 is 5.97 Å². The lowest BCUT2D eigenvalue weighted by atomic mass is 10.1. The number of carboxylic acid groups (broad SMARTS) is 1. The van der Waals surface area contributed by atoms with E-state index in [9.17, 15) is 4.79 Å². The second-order valence-corrected chi connectivity index (χ2v) is 3.43. The SMILES string of the molecule is C=CCOc1ncc(C(=O)O)c2ccccc12. The number of pyridine rings is 1. The highest BCUT2D eigenvalue weighted by Crippen LogP contribution is 2.25. The number of hydrogen-bond donors (Lipinski definition) is 1. The van der Waals surface area contributed by atoms with Gasteiger partial charge < -0.3 is 9.84 Å². The fourth-order valence-electron chi connectivity index (χ4n) is 1.59. The molecule has 17 heavy (non-hydrogen) atoms. The van der Waals surface area contributed by atoms with Crippen LogP contribution < -0.4 is 4.74 Å². The minimum atomic E-state index is -0.996. The molecule has 0 unspecified atom stereocenters. The second kappa shape index (κ2) is 4.65. The van der Waals surface area contributed by atoms with E-state index in [0.29, 0.717) is 23.3 Å². The molecular formula is C13H11NO3. The lowest BCUT2D eigenvalue weighted by Crippen LogP contribution is -2.02. The highest BCUT2D eigenvalue weighted by Gasteiger charge is 2.12. The summed E-state index contributed by atoms with van der Waals surface area (Å²) in [5.41, 5.74) is 0.173. The smallest absolute Gasteiger partial charge is 0.337 e. The van der Waals surface area contributed by atoms with Crippen molar-refractivity contribution in [1.82, 2.24) is 4.98 Å². The Balaban J connectivity index is 2.61. The number of rotatable bonds is 4. The summed E-state index contributed by atoms with van der Waals surface area (Å²) in [5.74, 6) is -0.575. The Hall–Kier alpha value is -2.36. The van der Waals surface area contributed by atoms with Crippen LogP contribution in [-0.4, -0.2) is 22.7 Å². The maximum atomic E-state index is 11.0. The average molecular weight is 229 g/mol. The zero-order valence-electron chi connectivity index (χ0n) is 9.09. The molecule has 0 fully saturated rings. The molecule has 86 valence electrons. The van der Waals surface area contributed by atoms with Crippen LogP contribution in [-0.2, 0) is 0 Å². The zero-order chi connectivity index (χ0) is 12.3. The van der Waals surface area contributed by atoms with Crippen molar-refractivity contribution in [3.63, 3.8) is 0 Å². The first kappa shape index (κ1) is 11.1. The van der Waals surface area contributed by atoms with Gasteiger partial charge in [-0.2, -0.15) is 0 Å². The van der Waals surface area contributed by atoms with Crippen LogP contribution in [0.4, 0.5) is 0 Å². The summed E-state index contributed by atoms with van der Waals surface area (Å²) < 4.78 is 5.38. The lowest BCUT2D eigenvalue weighted by Gasteiger charge is -2.08. The standard InChI is InChI=1S/C13H11NO3/c1-2-7-17-12-10-6-4-3-5-9(10)11(8-14-12)13(15)16/h2-6,8H,1,7H2,(H,15,16). The minimum Gasteiger partial charge on any atom is -0.478 e. The van der Waals surface area contributed by atoms with Gasteiger partial charge in [0.2, 0.25) is 5.88 Å². The molecule has 1 aromatic heterocycles. The molecule has 0 spiro atoms. The number of benzene rings is 1. The van der Waals surface area contributed by atoms with Crippen LogP contribution in [0.1, 0.15) is 10.4 Å². The van der Waals surface area contributed by atoms with Crippen LogP contribution >= 0.6 is 0 Å². The minimum absolute atomic E-state index is 0.173. The van der Waals surface area contributed by atoms with Crippen molar-refractivity contribution >= 4 is 16.7 Å². The Morgan fingerprint density at radius 3 is 2.76 bits per heavy atom. The molecule has 1 N–H and O–H groups in total. The van der Waals surface area contributed by atoms with E-state index in [1.165, 1.54) is 6.20 Å². The summed E-state index contributed by atoms with van der Waals surface area (Å²) in [6, 6.07) is 7.12. The van der Waals surface area contributed by atoms with Crippen LogP contribution in [0.15, 0.2) is 43.1 Å². The number of carboxylic acids is 1. The molecule has 4 nitrogen and oxygen atoms in total. The van der Waals surface area contributed by atoms with E-state index in [4.69, 9.17) is 9.84 Å². The Morgan fingerprint density at radius 1 is 1.41 bits per heavy atom. The monoisotopic (exact) mass is 229 g/mol. The van der Waals surface area contributed by atoms with Gasteiger partial charge in [-0.3, -0.25) is 0 Å². The Morgan fingerprint density at radius 2 is 2.12 bits per heavy atom. The van der Waals surface area contributed by atoms with E-state index in [1.807, 2.05) is 6.07 Å². The number of aromatic carboxylic acids is 1. The molecule has 0 bridgehead atoms. The maximum Gasteiger partial charge on any atom is 0.337 e. The molecule has 0 aliphatic heterocycles. The number of fused-ring (bicyclic) bond motifs is 1.